The molecule has 6 nitrogen and oxygen atoms in total. The number of aromatic nitrogens is 1. The molecule has 1 heterocycles. The molecule has 2 aromatic carbocycles. The maximum atomic E-state index is 12.1. The number of nitrogens with one attached hydrogen (secondary N) is 2. The van der Waals surface area contributed by atoms with Crippen LogP contribution in [0.2, 0.25) is 0 Å². The number of anilines is 2. The summed E-state index contributed by atoms with van der Waals surface area (Å²) in [6.07, 6.45) is 0. The van der Waals surface area contributed by atoms with E-state index in [0.29, 0.717) is 11.6 Å². The van der Waals surface area contributed by atoms with Crippen LogP contribution < -0.4 is 10.6 Å². The first-order valence-electron chi connectivity index (χ1n) is 8.16. The molecule has 2 N–H and O–H groups in total. The third-order valence-electron chi connectivity index (χ3n) is 3.75. The van der Waals surface area contributed by atoms with E-state index in [4.69, 9.17) is 4.52 Å². The van der Waals surface area contributed by atoms with Crippen molar-refractivity contribution in [1.29, 1.82) is 0 Å². The Balaban J connectivity index is 1.50. The first-order valence-corrected chi connectivity index (χ1v) is 9.20. The lowest BCUT2D eigenvalue weighted by molar-refractivity contribution is -0.115. The molecule has 0 saturated heterocycles. The molecule has 3 rings (SSSR count). The molecule has 26 heavy (non-hydrogen) atoms. The van der Waals surface area contributed by atoms with E-state index in [1.165, 1.54) is 11.8 Å². The Morgan fingerprint density at radius 2 is 1.88 bits per heavy atom. The molecule has 0 fully saturated rings. The number of carbonyl (C=O) groups is 2. The summed E-state index contributed by atoms with van der Waals surface area (Å²) in [5.74, 6) is 0.805. The van der Waals surface area contributed by atoms with E-state index in [9.17, 15) is 9.59 Å². The molecule has 0 aliphatic carbocycles. The third-order valence-corrected chi connectivity index (χ3v) is 4.89. The maximum Gasteiger partial charge on any atom is 0.238 e. The van der Waals surface area contributed by atoms with Crippen molar-refractivity contribution in [2.75, 3.05) is 16.4 Å². The summed E-state index contributed by atoms with van der Waals surface area (Å²) in [5.41, 5.74) is 0.740. The van der Waals surface area contributed by atoms with Crippen molar-refractivity contribution >= 4 is 45.9 Å². The predicted octanol–water partition coefficient (Wildman–Crippen LogP) is 3.84. The zero-order valence-electron chi connectivity index (χ0n) is 14.5. The number of hydrogen-bond acceptors (Lipinski definition) is 5. The van der Waals surface area contributed by atoms with Crippen LogP contribution in [0.15, 0.2) is 53.1 Å². The van der Waals surface area contributed by atoms with E-state index in [2.05, 4.69) is 15.8 Å². The Morgan fingerprint density at radius 1 is 1.12 bits per heavy atom. The Kier molecular flexibility index (Phi) is 5.58. The van der Waals surface area contributed by atoms with Crippen LogP contribution in [0, 0.1) is 6.92 Å². The summed E-state index contributed by atoms with van der Waals surface area (Å²) < 4.78 is 4.90. The summed E-state index contributed by atoms with van der Waals surface area (Å²) in [6, 6.07) is 15.4. The molecule has 1 unspecified atom stereocenters. The van der Waals surface area contributed by atoms with Gasteiger partial charge in [-0.05, 0) is 36.8 Å². The van der Waals surface area contributed by atoms with Crippen LogP contribution >= 0.6 is 11.8 Å². The van der Waals surface area contributed by atoms with E-state index in [1.807, 2.05) is 42.5 Å². The lowest BCUT2D eigenvalue weighted by Crippen LogP contribution is -2.25. The Labute approximate surface area is 155 Å². The smallest absolute Gasteiger partial charge is 0.238 e. The van der Waals surface area contributed by atoms with E-state index in [1.54, 1.807) is 19.9 Å². The van der Waals surface area contributed by atoms with Gasteiger partial charge < -0.3 is 15.2 Å². The normalized spacial score (nSPS) is 11.9. The molecular formula is C19H19N3O3S. The highest BCUT2D eigenvalue weighted by Crippen LogP contribution is 2.20. The SMILES string of the molecule is Cc1cc(NC(=O)C(C)SCC(=O)Nc2ccc3ccccc3c2)no1. The Hall–Kier alpha value is -2.80. The molecule has 0 bridgehead atoms. The van der Waals surface area contributed by atoms with Crippen molar-refractivity contribution in [3.05, 3.63) is 54.3 Å². The van der Waals surface area contributed by atoms with Crippen LogP contribution in [0.25, 0.3) is 10.8 Å². The van der Waals surface area contributed by atoms with Gasteiger partial charge in [-0.25, -0.2) is 0 Å². The van der Waals surface area contributed by atoms with Gasteiger partial charge in [-0.2, -0.15) is 0 Å². The number of fused-ring (bicyclic) bond motifs is 1. The van der Waals surface area contributed by atoms with Crippen LogP contribution in [0.5, 0.6) is 0 Å². The van der Waals surface area contributed by atoms with Crippen LogP contribution in [-0.4, -0.2) is 28.0 Å². The molecular weight excluding hydrogens is 350 g/mol. The zero-order chi connectivity index (χ0) is 18.5. The van der Waals surface area contributed by atoms with E-state index >= 15 is 0 Å². The van der Waals surface area contributed by atoms with E-state index in [-0.39, 0.29) is 17.6 Å². The van der Waals surface area contributed by atoms with Gasteiger partial charge >= 0.3 is 0 Å². The minimum Gasteiger partial charge on any atom is -0.360 e. The van der Waals surface area contributed by atoms with Gasteiger partial charge in [0.15, 0.2) is 5.82 Å². The molecule has 0 aliphatic heterocycles. The fourth-order valence-electron chi connectivity index (χ4n) is 2.39. The number of carbonyl (C=O) groups excluding carboxylic acids is 2. The molecule has 134 valence electrons. The lowest BCUT2D eigenvalue weighted by atomic mass is 10.1. The van der Waals surface area contributed by atoms with Gasteiger partial charge in [-0.1, -0.05) is 35.5 Å². The predicted molar refractivity (Wildman–Crippen MR) is 104 cm³/mol. The molecule has 1 atom stereocenters. The average Bonchev–Trinajstić information content (AvgIpc) is 3.04. The molecule has 0 radical (unpaired) electrons. The molecule has 0 spiro atoms. The second-order valence-corrected chi connectivity index (χ2v) is 7.20. The molecule has 0 aliphatic rings. The number of nitrogens with zero attached hydrogens (tertiary/aromatic N) is 1. The number of amides is 2. The highest BCUT2D eigenvalue weighted by atomic mass is 32.2. The maximum absolute atomic E-state index is 12.1. The van der Waals surface area contributed by atoms with Crippen LogP contribution in [0.1, 0.15) is 12.7 Å². The van der Waals surface area contributed by atoms with Crippen molar-refractivity contribution in [2.45, 2.75) is 19.1 Å². The van der Waals surface area contributed by atoms with Crippen molar-refractivity contribution in [1.82, 2.24) is 5.16 Å². The summed E-state index contributed by atoms with van der Waals surface area (Å²) in [4.78, 5) is 24.2. The summed E-state index contributed by atoms with van der Waals surface area (Å²) >= 11 is 1.26. The van der Waals surface area contributed by atoms with Gasteiger partial charge in [0.25, 0.3) is 0 Å². The molecule has 7 heteroatoms. The molecule has 1 aromatic heterocycles. The van der Waals surface area contributed by atoms with Gasteiger partial charge in [-0.3, -0.25) is 9.59 Å². The Bertz CT molecular complexity index is 938. The number of benzene rings is 2. The van der Waals surface area contributed by atoms with Gasteiger partial charge in [0.2, 0.25) is 11.8 Å². The zero-order valence-corrected chi connectivity index (χ0v) is 15.3. The van der Waals surface area contributed by atoms with E-state index in [0.717, 1.165) is 16.5 Å². The first-order chi connectivity index (χ1) is 12.5. The van der Waals surface area contributed by atoms with Gasteiger partial charge in [-0.15, -0.1) is 11.8 Å². The number of thioether (sulfide) groups is 1. The van der Waals surface area contributed by atoms with Gasteiger partial charge in [0, 0.05) is 11.8 Å². The monoisotopic (exact) mass is 369 g/mol. The topological polar surface area (TPSA) is 84.2 Å². The highest BCUT2D eigenvalue weighted by molar-refractivity contribution is 8.01. The standard InChI is InChI=1S/C19H19N3O3S/c1-12-9-17(22-25-12)21-19(24)13(2)26-11-18(23)20-16-8-7-14-5-3-4-6-15(14)10-16/h3-10,13H,11H2,1-2H3,(H,20,23)(H,21,22,24). The fraction of sp³-hybridized carbons (Fsp3) is 0.211. The van der Waals surface area contributed by atoms with Crippen molar-refractivity contribution < 1.29 is 14.1 Å². The minimum absolute atomic E-state index is 0.151. The molecule has 3 aromatic rings. The van der Waals surface area contributed by atoms with Crippen molar-refractivity contribution in [3.63, 3.8) is 0 Å². The molecule has 0 saturated carbocycles. The Morgan fingerprint density at radius 3 is 2.62 bits per heavy atom. The van der Waals surface area contributed by atoms with Crippen LogP contribution in [0.4, 0.5) is 11.5 Å². The number of rotatable bonds is 6. The molecule has 2 amide bonds. The number of aryl methyl sites for hydroxylation is 1. The van der Waals surface area contributed by atoms with Gasteiger partial charge in [0.05, 0.1) is 11.0 Å². The fourth-order valence-corrected chi connectivity index (χ4v) is 3.08. The quantitative estimate of drug-likeness (QED) is 0.690. The number of hydrogen-bond donors (Lipinski definition) is 2. The van der Waals surface area contributed by atoms with Crippen molar-refractivity contribution in [3.8, 4) is 0 Å². The second-order valence-electron chi connectivity index (χ2n) is 5.88. The first kappa shape index (κ1) is 18.0. The van der Waals surface area contributed by atoms with E-state index < -0.39 is 5.25 Å². The van der Waals surface area contributed by atoms with Crippen LogP contribution in [-0.2, 0) is 9.59 Å². The van der Waals surface area contributed by atoms with Gasteiger partial charge in [0.1, 0.15) is 5.76 Å². The summed E-state index contributed by atoms with van der Waals surface area (Å²) in [7, 11) is 0. The minimum atomic E-state index is -0.394. The van der Waals surface area contributed by atoms with Crippen LogP contribution in [0.3, 0.4) is 0 Å². The lowest BCUT2D eigenvalue weighted by Gasteiger charge is -2.11. The average molecular weight is 369 g/mol. The highest BCUT2D eigenvalue weighted by Gasteiger charge is 2.17. The largest absolute Gasteiger partial charge is 0.360 e. The summed E-state index contributed by atoms with van der Waals surface area (Å²) in [6.45, 7) is 3.49. The summed E-state index contributed by atoms with van der Waals surface area (Å²) in [5, 5.41) is 11.0. The second kappa shape index (κ2) is 8.05. The van der Waals surface area contributed by atoms with Crippen molar-refractivity contribution in [2.24, 2.45) is 0 Å². The third kappa shape index (κ3) is 4.64.